The lowest BCUT2D eigenvalue weighted by Gasteiger charge is -2.28. The minimum atomic E-state index is -0.185. The monoisotopic (exact) mass is 273 g/mol. The van der Waals surface area contributed by atoms with Gasteiger partial charge in [0.05, 0.1) is 7.11 Å². The van der Waals surface area contributed by atoms with Crippen molar-refractivity contribution in [2.24, 2.45) is 5.92 Å². The van der Waals surface area contributed by atoms with Crippen LogP contribution in [-0.4, -0.2) is 19.0 Å². The van der Waals surface area contributed by atoms with Crippen molar-refractivity contribution in [2.45, 2.75) is 38.0 Å². The molecule has 1 aromatic rings. The number of fused-ring (bicyclic) bond motifs is 3. The van der Waals surface area contributed by atoms with Gasteiger partial charge in [-0.25, -0.2) is 0 Å². The molecule has 0 spiro atoms. The van der Waals surface area contributed by atoms with Crippen LogP contribution in [0.15, 0.2) is 18.2 Å². The van der Waals surface area contributed by atoms with Crippen LogP contribution in [0.25, 0.3) is 0 Å². The van der Waals surface area contributed by atoms with Crippen LogP contribution in [0.1, 0.15) is 42.7 Å². The number of hydrogen-bond acceptors (Lipinski definition) is 3. The number of nitrogens with one attached hydrogen (secondary N) is 1. The normalized spacial score (nSPS) is 23.8. The standard InChI is InChI=1S/C16H19NO3/c1-20-15(18)8-6-10-5-7-14-13(9-10)11-3-2-4-12(11)16(19)17-14/h5,7,9,11-12H,2-4,6,8H2,1H3,(H,17,19). The first kappa shape index (κ1) is 13.2. The highest BCUT2D eigenvalue weighted by molar-refractivity contribution is 5.97. The van der Waals surface area contributed by atoms with Gasteiger partial charge in [-0.1, -0.05) is 18.6 Å². The van der Waals surface area contributed by atoms with Crippen molar-refractivity contribution in [1.29, 1.82) is 0 Å². The molecule has 1 saturated carbocycles. The molecule has 1 aliphatic carbocycles. The predicted molar refractivity (Wildman–Crippen MR) is 75.5 cm³/mol. The van der Waals surface area contributed by atoms with Crippen molar-refractivity contribution in [2.75, 3.05) is 12.4 Å². The third-order valence-electron chi connectivity index (χ3n) is 4.47. The number of hydrogen-bond donors (Lipinski definition) is 1. The van der Waals surface area contributed by atoms with E-state index in [2.05, 4.69) is 16.1 Å². The molecule has 106 valence electrons. The summed E-state index contributed by atoms with van der Waals surface area (Å²) in [5.41, 5.74) is 3.32. The van der Waals surface area contributed by atoms with Gasteiger partial charge in [0.2, 0.25) is 5.91 Å². The topological polar surface area (TPSA) is 55.4 Å². The molecule has 1 heterocycles. The molecule has 4 nitrogen and oxygen atoms in total. The van der Waals surface area contributed by atoms with E-state index in [0.717, 1.165) is 30.5 Å². The van der Waals surface area contributed by atoms with Gasteiger partial charge >= 0.3 is 5.97 Å². The molecule has 1 fully saturated rings. The number of rotatable bonds is 3. The summed E-state index contributed by atoms with van der Waals surface area (Å²) in [7, 11) is 1.41. The van der Waals surface area contributed by atoms with Crippen molar-refractivity contribution in [3.63, 3.8) is 0 Å². The number of methoxy groups -OCH3 is 1. The summed E-state index contributed by atoms with van der Waals surface area (Å²) in [6.45, 7) is 0. The lowest BCUT2D eigenvalue weighted by atomic mass is 9.83. The maximum Gasteiger partial charge on any atom is 0.305 e. The number of carbonyl (C=O) groups is 2. The van der Waals surface area contributed by atoms with Gasteiger partial charge < -0.3 is 10.1 Å². The van der Waals surface area contributed by atoms with Crippen LogP contribution in [0, 0.1) is 5.92 Å². The van der Waals surface area contributed by atoms with Gasteiger partial charge in [0.15, 0.2) is 0 Å². The highest BCUT2D eigenvalue weighted by Crippen LogP contribution is 2.46. The number of benzene rings is 1. The van der Waals surface area contributed by atoms with E-state index in [1.807, 2.05) is 12.1 Å². The number of aryl methyl sites for hydroxylation is 1. The third kappa shape index (κ3) is 2.30. The highest BCUT2D eigenvalue weighted by atomic mass is 16.5. The second kappa shape index (κ2) is 5.27. The van der Waals surface area contributed by atoms with Crippen molar-refractivity contribution in [3.05, 3.63) is 29.3 Å². The van der Waals surface area contributed by atoms with Crippen LogP contribution in [0.3, 0.4) is 0 Å². The van der Waals surface area contributed by atoms with Gasteiger partial charge in [-0.3, -0.25) is 9.59 Å². The maximum atomic E-state index is 12.0. The SMILES string of the molecule is COC(=O)CCc1ccc2c(c1)C1CCCC1C(=O)N2. The Labute approximate surface area is 118 Å². The molecule has 2 aliphatic rings. The second-order valence-electron chi connectivity index (χ2n) is 5.63. The molecule has 4 heteroatoms. The average Bonchev–Trinajstić information content (AvgIpc) is 2.95. The van der Waals surface area contributed by atoms with Gasteiger partial charge in [-0.15, -0.1) is 0 Å². The molecule has 20 heavy (non-hydrogen) atoms. The molecule has 0 saturated heterocycles. The summed E-state index contributed by atoms with van der Waals surface area (Å²) in [5, 5.41) is 3.00. The summed E-state index contributed by atoms with van der Waals surface area (Å²) in [6, 6.07) is 6.10. The van der Waals surface area contributed by atoms with Crippen molar-refractivity contribution < 1.29 is 14.3 Å². The van der Waals surface area contributed by atoms with Crippen LogP contribution in [0.4, 0.5) is 5.69 Å². The van der Waals surface area contributed by atoms with Crippen LogP contribution in [0.2, 0.25) is 0 Å². The number of amides is 1. The number of carbonyl (C=O) groups excluding carboxylic acids is 2. The first-order valence-electron chi connectivity index (χ1n) is 7.19. The second-order valence-corrected chi connectivity index (χ2v) is 5.63. The Hall–Kier alpha value is -1.84. The lowest BCUT2D eigenvalue weighted by molar-refractivity contribution is -0.140. The van der Waals surface area contributed by atoms with Crippen LogP contribution in [-0.2, 0) is 20.7 Å². The summed E-state index contributed by atoms with van der Waals surface area (Å²) < 4.78 is 4.67. The quantitative estimate of drug-likeness (QED) is 0.861. The molecular weight excluding hydrogens is 254 g/mol. The van der Waals surface area contributed by atoms with Crippen molar-refractivity contribution >= 4 is 17.6 Å². The van der Waals surface area contributed by atoms with Crippen molar-refractivity contribution in [1.82, 2.24) is 0 Å². The Morgan fingerprint density at radius 1 is 1.35 bits per heavy atom. The zero-order chi connectivity index (χ0) is 14.1. The number of anilines is 1. The summed E-state index contributed by atoms with van der Waals surface area (Å²) in [4.78, 5) is 23.2. The summed E-state index contributed by atoms with van der Waals surface area (Å²) >= 11 is 0. The van der Waals surface area contributed by atoms with E-state index < -0.39 is 0 Å². The van der Waals surface area contributed by atoms with E-state index >= 15 is 0 Å². The molecule has 0 aromatic heterocycles. The molecule has 1 aromatic carbocycles. The van der Waals surface area contributed by atoms with E-state index in [0.29, 0.717) is 18.8 Å². The highest BCUT2D eigenvalue weighted by Gasteiger charge is 2.38. The minimum absolute atomic E-state index is 0.137. The van der Waals surface area contributed by atoms with E-state index in [1.165, 1.54) is 12.7 Å². The Balaban J connectivity index is 1.83. The van der Waals surface area contributed by atoms with Gasteiger partial charge in [0.25, 0.3) is 0 Å². The molecule has 1 amide bonds. The molecule has 1 aliphatic heterocycles. The predicted octanol–water partition coefficient (Wildman–Crippen LogP) is 2.63. The third-order valence-corrected chi connectivity index (χ3v) is 4.47. The zero-order valence-corrected chi connectivity index (χ0v) is 11.6. The van der Waals surface area contributed by atoms with Gasteiger partial charge in [-0.05, 0) is 42.4 Å². The molecule has 0 bridgehead atoms. The Kier molecular flexibility index (Phi) is 3.47. The smallest absolute Gasteiger partial charge is 0.305 e. The molecule has 0 radical (unpaired) electrons. The van der Waals surface area contributed by atoms with Crippen LogP contribution in [0.5, 0.6) is 0 Å². The fourth-order valence-corrected chi connectivity index (χ4v) is 3.41. The molecule has 2 atom stereocenters. The Morgan fingerprint density at radius 2 is 2.15 bits per heavy atom. The van der Waals surface area contributed by atoms with Gasteiger partial charge in [-0.2, -0.15) is 0 Å². The Bertz CT molecular complexity index is 553. The first-order chi connectivity index (χ1) is 9.69. The van der Waals surface area contributed by atoms with Gasteiger partial charge in [0, 0.05) is 18.0 Å². The fourth-order valence-electron chi connectivity index (χ4n) is 3.41. The molecule has 1 N–H and O–H groups in total. The summed E-state index contributed by atoms with van der Waals surface area (Å²) in [6.07, 6.45) is 4.28. The van der Waals surface area contributed by atoms with Crippen molar-refractivity contribution in [3.8, 4) is 0 Å². The molecule has 2 unspecified atom stereocenters. The summed E-state index contributed by atoms with van der Waals surface area (Å²) in [5.74, 6) is 0.479. The zero-order valence-electron chi connectivity index (χ0n) is 11.6. The van der Waals surface area contributed by atoms with E-state index in [-0.39, 0.29) is 17.8 Å². The number of esters is 1. The van der Waals surface area contributed by atoms with E-state index in [4.69, 9.17) is 0 Å². The van der Waals surface area contributed by atoms with Crippen LogP contribution >= 0.6 is 0 Å². The minimum Gasteiger partial charge on any atom is -0.469 e. The van der Waals surface area contributed by atoms with Gasteiger partial charge in [0.1, 0.15) is 0 Å². The average molecular weight is 273 g/mol. The fraction of sp³-hybridized carbons (Fsp3) is 0.500. The van der Waals surface area contributed by atoms with E-state index in [9.17, 15) is 9.59 Å². The molecule has 3 rings (SSSR count). The number of ether oxygens (including phenoxy) is 1. The first-order valence-corrected chi connectivity index (χ1v) is 7.19. The van der Waals surface area contributed by atoms with E-state index in [1.54, 1.807) is 0 Å². The Morgan fingerprint density at radius 3 is 2.95 bits per heavy atom. The lowest BCUT2D eigenvalue weighted by Crippen LogP contribution is -2.30. The maximum absolute atomic E-state index is 12.0. The largest absolute Gasteiger partial charge is 0.469 e. The van der Waals surface area contributed by atoms with Crippen LogP contribution < -0.4 is 5.32 Å². The molecular formula is C16H19NO3.